The van der Waals surface area contributed by atoms with Crippen molar-refractivity contribution in [3.63, 3.8) is 0 Å². The number of methoxy groups -OCH3 is 1. The Morgan fingerprint density at radius 3 is 2.64 bits per heavy atom. The summed E-state index contributed by atoms with van der Waals surface area (Å²) in [6.07, 6.45) is 1.79. The number of amides is 1. The standard InChI is InChI=1S/C16H20N2O4/c1-10(2)15(16(20)21)17-14(19)9-18-8-7-11-12(18)5-4-6-13(11)22-3/h4-8,10,15H,9H2,1-3H3,(H,17,19)(H,20,21)/t15-/m0/s1. The second kappa shape index (κ2) is 6.51. The summed E-state index contributed by atoms with van der Waals surface area (Å²) in [5.74, 6) is -0.797. The first-order valence-electron chi connectivity index (χ1n) is 7.08. The molecular weight excluding hydrogens is 284 g/mol. The van der Waals surface area contributed by atoms with Crippen molar-refractivity contribution in [2.45, 2.75) is 26.4 Å². The van der Waals surface area contributed by atoms with E-state index < -0.39 is 12.0 Å². The highest BCUT2D eigenvalue weighted by atomic mass is 16.5. The molecule has 1 aromatic heterocycles. The number of nitrogens with zero attached hydrogens (tertiary/aromatic N) is 1. The molecule has 0 saturated heterocycles. The average Bonchev–Trinajstić information content (AvgIpc) is 2.87. The van der Waals surface area contributed by atoms with Crippen molar-refractivity contribution in [3.05, 3.63) is 30.5 Å². The molecule has 6 heteroatoms. The molecule has 0 unspecified atom stereocenters. The molecule has 2 rings (SSSR count). The van der Waals surface area contributed by atoms with Crippen LogP contribution in [0, 0.1) is 5.92 Å². The van der Waals surface area contributed by atoms with Crippen LogP contribution in [-0.4, -0.2) is 34.7 Å². The van der Waals surface area contributed by atoms with Gasteiger partial charge in [-0.05, 0) is 24.1 Å². The Morgan fingerprint density at radius 2 is 2.05 bits per heavy atom. The number of benzene rings is 1. The Labute approximate surface area is 128 Å². The third kappa shape index (κ3) is 3.21. The van der Waals surface area contributed by atoms with Gasteiger partial charge in [-0.1, -0.05) is 19.9 Å². The maximum atomic E-state index is 12.1. The normalized spacial score (nSPS) is 12.4. The maximum Gasteiger partial charge on any atom is 0.326 e. The number of carbonyl (C=O) groups is 2. The van der Waals surface area contributed by atoms with Crippen LogP contribution < -0.4 is 10.1 Å². The van der Waals surface area contributed by atoms with Gasteiger partial charge in [-0.15, -0.1) is 0 Å². The number of aromatic nitrogens is 1. The van der Waals surface area contributed by atoms with Gasteiger partial charge in [-0.25, -0.2) is 4.79 Å². The van der Waals surface area contributed by atoms with Gasteiger partial charge in [0.1, 0.15) is 18.3 Å². The van der Waals surface area contributed by atoms with Crippen molar-refractivity contribution < 1.29 is 19.4 Å². The molecule has 0 aliphatic heterocycles. The molecule has 2 aromatic rings. The fourth-order valence-corrected chi connectivity index (χ4v) is 2.40. The lowest BCUT2D eigenvalue weighted by Gasteiger charge is -2.18. The quantitative estimate of drug-likeness (QED) is 0.854. The van der Waals surface area contributed by atoms with Crippen LogP contribution in [0.3, 0.4) is 0 Å². The summed E-state index contributed by atoms with van der Waals surface area (Å²) in [4.78, 5) is 23.2. The second-order valence-corrected chi connectivity index (χ2v) is 5.46. The van der Waals surface area contributed by atoms with Crippen LogP contribution >= 0.6 is 0 Å². The van der Waals surface area contributed by atoms with Crippen LogP contribution in [0.25, 0.3) is 10.9 Å². The summed E-state index contributed by atoms with van der Waals surface area (Å²) in [6.45, 7) is 3.58. The van der Waals surface area contributed by atoms with Gasteiger partial charge in [-0.2, -0.15) is 0 Å². The lowest BCUT2D eigenvalue weighted by molar-refractivity contribution is -0.143. The average molecular weight is 304 g/mol. The van der Waals surface area contributed by atoms with Crippen LogP contribution in [0.15, 0.2) is 30.5 Å². The molecule has 22 heavy (non-hydrogen) atoms. The Kier molecular flexibility index (Phi) is 4.70. The van der Waals surface area contributed by atoms with Crippen molar-refractivity contribution in [2.24, 2.45) is 5.92 Å². The molecule has 0 radical (unpaired) electrons. The van der Waals surface area contributed by atoms with E-state index in [1.54, 1.807) is 31.7 Å². The summed E-state index contributed by atoms with van der Waals surface area (Å²) in [6, 6.07) is 6.58. The minimum Gasteiger partial charge on any atom is -0.496 e. The van der Waals surface area contributed by atoms with E-state index in [0.717, 1.165) is 16.7 Å². The maximum absolute atomic E-state index is 12.1. The Balaban J connectivity index is 2.17. The predicted molar refractivity (Wildman–Crippen MR) is 82.9 cm³/mol. The zero-order valence-electron chi connectivity index (χ0n) is 12.9. The summed E-state index contributed by atoms with van der Waals surface area (Å²) < 4.78 is 7.05. The number of hydrogen-bond donors (Lipinski definition) is 2. The highest BCUT2D eigenvalue weighted by Crippen LogP contribution is 2.26. The molecule has 0 aliphatic rings. The molecule has 0 bridgehead atoms. The number of nitrogens with one attached hydrogen (secondary N) is 1. The highest BCUT2D eigenvalue weighted by molar-refractivity contribution is 5.89. The number of carboxylic acids is 1. The van der Waals surface area contributed by atoms with E-state index >= 15 is 0 Å². The molecule has 0 saturated carbocycles. The van der Waals surface area contributed by atoms with Crippen molar-refractivity contribution >= 4 is 22.8 Å². The zero-order chi connectivity index (χ0) is 16.3. The Hall–Kier alpha value is -2.50. The first kappa shape index (κ1) is 15.9. The van der Waals surface area contributed by atoms with Crippen molar-refractivity contribution in [1.29, 1.82) is 0 Å². The molecule has 1 aromatic carbocycles. The molecule has 118 valence electrons. The monoisotopic (exact) mass is 304 g/mol. The topological polar surface area (TPSA) is 80.6 Å². The van der Waals surface area contributed by atoms with Crippen molar-refractivity contribution in [2.75, 3.05) is 7.11 Å². The van der Waals surface area contributed by atoms with Gasteiger partial charge < -0.3 is 19.7 Å². The molecule has 1 heterocycles. The van der Waals surface area contributed by atoms with Crippen molar-refractivity contribution in [3.8, 4) is 5.75 Å². The number of carbonyl (C=O) groups excluding carboxylic acids is 1. The van der Waals surface area contributed by atoms with E-state index in [4.69, 9.17) is 9.84 Å². The summed E-state index contributed by atoms with van der Waals surface area (Å²) in [5, 5.41) is 12.6. The van der Waals surface area contributed by atoms with Crippen LogP contribution in [0.5, 0.6) is 5.75 Å². The number of carboxylic acid groups (broad SMARTS) is 1. The number of ether oxygens (including phenoxy) is 1. The summed E-state index contributed by atoms with van der Waals surface area (Å²) in [5.41, 5.74) is 0.867. The van der Waals surface area contributed by atoms with Crippen LogP contribution in [-0.2, 0) is 16.1 Å². The van der Waals surface area contributed by atoms with Gasteiger partial charge in [0.25, 0.3) is 0 Å². The van der Waals surface area contributed by atoms with Gasteiger partial charge in [0.15, 0.2) is 0 Å². The second-order valence-electron chi connectivity index (χ2n) is 5.46. The van der Waals surface area contributed by atoms with E-state index in [1.807, 2.05) is 24.3 Å². The molecule has 0 aliphatic carbocycles. The fourth-order valence-electron chi connectivity index (χ4n) is 2.40. The number of hydrogen-bond acceptors (Lipinski definition) is 3. The SMILES string of the molecule is COc1cccc2c1ccn2CC(=O)N[C@H](C(=O)O)C(C)C. The van der Waals surface area contributed by atoms with Crippen LogP contribution in [0.1, 0.15) is 13.8 Å². The lowest BCUT2D eigenvalue weighted by Crippen LogP contribution is -2.45. The Morgan fingerprint density at radius 1 is 1.32 bits per heavy atom. The van der Waals surface area contributed by atoms with Gasteiger partial charge in [0.05, 0.1) is 12.6 Å². The zero-order valence-corrected chi connectivity index (χ0v) is 12.9. The van der Waals surface area contributed by atoms with E-state index in [-0.39, 0.29) is 18.4 Å². The fraction of sp³-hybridized carbons (Fsp3) is 0.375. The largest absolute Gasteiger partial charge is 0.496 e. The van der Waals surface area contributed by atoms with Gasteiger partial charge in [0, 0.05) is 11.6 Å². The lowest BCUT2D eigenvalue weighted by atomic mass is 10.1. The first-order chi connectivity index (χ1) is 10.4. The van der Waals surface area contributed by atoms with Crippen LogP contribution in [0.2, 0.25) is 0 Å². The Bertz CT molecular complexity index is 691. The molecule has 2 N–H and O–H groups in total. The van der Waals surface area contributed by atoms with E-state index in [0.29, 0.717) is 0 Å². The summed E-state index contributed by atoms with van der Waals surface area (Å²) >= 11 is 0. The highest BCUT2D eigenvalue weighted by Gasteiger charge is 2.23. The third-order valence-electron chi connectivity index (χ3n) is 3.56. The number of fused-ring (bicyclic) bond motifs is 1. The van der Waals surface area contributed by atoms with Gasteiger partial charge in [-0.3, -0.25) is 4.79 Å². The molecule has 6 nitrogen and oxygen atoms in total. The minimum atomic E-state index is -1.03. The molecule has 1 amide bonds. The van der Waals surface area contributed by atoms with E-state index in [9.17, 15) is 9.59 Å². The minimum absolute atomic E-state index is 0.0627. The van der Waals surface area contributed by atoms with Gasteiger partial charge in [0.2, 0.25) is 5.91 Å². The smallest absolute Gasteiger partial charge is 0.326 e. The number of aliphatic carboxylic acids is 1. The molecule has 1 atom stereocenters. The van der Waals surface area contributed by atoms with Crippen LogP contribution in [0.4, 0.5) is 0 Å². The molecular formula is C16H20N2O4. The van der Waals surface area contributed by atoms with E-state index in [2.05, 4.69) is 5.32 Å². The molecule has 0 fully saturated rings. The third-order valence-corrected chi connectivity index (χ3v) is 3.56. The predicted octanol–water partition coefficient (Wildman–Crippen LogP) is 1.88. The van der Waals surface area contributed by atoms with Crippen molar-refractivity contribution in [1.82, 2.24) is 9.88 Å². The summed E-state index contributed by atoms with van der Waals surface area (Å²) in [7, 11) is 1.60. The number of rotatable bonds is 6. The molecule has 0 spiro atoms. The van der Waals surface area contributed by atoms with E-state index in [1.165, 1.54) is 0 Å². The first-order valence-corrected chi connectivity index (χ1v) is 7.08. The van der Waals surface area contributed by atoms with Gasteiger partial charge >= 0.3 is 5.97 Å².